The fourth-order valence-corrected chi connectivity index (χ4v) is 11.0. The maximum atomic E-state index is 2.38. The summed E-state index contributed by atoms with van der Waals surface area (Å²) in [5.74, 6) is 0. The van der Waals surface area contributed by atoms with Gasteiger partial charge in [0.15, 0.2) is 0 Å². The monoisotopic (exact) mass is 333 g/mol. The molecule has 0 aliphatic heterocycles. The third kappa shape index (κ3) is 11.3. The Balaban J connectivity index is 3.72. The van der Waals surface area contributed by atoms with Gasteiger partial charge in [-0.15, -0.1) is 0 Å². The second-order valence-corrected chi connectivity index (χ2v) is 14.9. The van der Waals surface area contributed by atoms with Crippen molar-refractivity contribution in [1.29, 1.82) is 0 Å². The van der Waals surface area contributed by atoms with Gasteiger partial charge in [-0.05, 0) is 0 Å². The van der Waals surface area contributed by atoms with Crippen LogP contribution in [-0.2, 0) is 0 Å². The van der Waals surface area contributed by atoms with Crippen molar-refractivity contribution in [2.24, 2.45) is 5.41 Å². The van der Waals surface area contributed by atoms with E-state index in [4.69, 9.17) is 0 Å². The van der Waals surface area contributed by atoms with E-state index in [2.05, 4.69) is 34.6 Å². The summed E-state index contributed by atoms with van der Waals surface area (Å²) < 4.78 is 5.01. The molecule has 0 N–H and O–H groups in total. The Morgan fingerprint density at radius 2 is 1.19 bits per heavy atom. The van der Waals surface area contributed by atoms with E-state index in [0.29, 0.717) is 5.41 Å². The Kier molecular flexibility index (Phi) is 10.3. The molecule has 0 spiro atoms. The van der Waals surface area contributed by atoms with Crippen LogP contribution in [-0.4, -0.2) is 19.8 Å². The van der Waals surface area contributed by atoms with Gasteiger partial charge in [-0.25, -0.2) is 0 Å². The average molecular weight is 332 g/mol. The quantitative estimate of drug-likeness (QED) is 0.461. The summed E-state index contributed by atoms with van der Waals surface area (Å²) in [6.45, 7) is 11.8. The molecule has 0 atom stereocenters. The van der Waals surface area contributed by atoms with Gasteiger partial charge in [-0.2, -0.15) is 0 Å². The summed E-state index contributed by atoms with van der Waals surface area (Å²) in [5.41, 5.74) is 0.559. The molecule has 0 unspecified atom stereocenters. The van der Waals surface area contributed by atoms with E-state index >= 15 is 0 Å². The van der Waals surface area contributed by atoms with Crippen molar-refractivity contribution < 1.29 is 0 Å². The van der Waals surface area contributed by atoms with Gasteiger partial charge in [0.05, 0.1) is 0 Å². The minimum absolute atomic E-state index is 0.559. The van der Waals surface area contributed by atoms with E-state index in [1.165, 1.54) is 38.5 Å². The van der Waals surface area contributed by atoms with Gasteiger partial charge in [-0.1, -0.05) is 0 Å². The molecule has 0 aromatic heterocycles. The number of hydrogen-bond acceptors (Lipinski definition) is 0. The molecule has 0 aromatic carbocycles. The summed E-state index contributed by atoms with van der Waals surface area (Å²) in [5, 5.41) is 0. The Hall–Kier alpha value is 0.799. The topological polar surface area (TPSA) is 0 Å². The van der Waals surface area contributed by atoms with E-state index < -0.39 is 19.8 Å². The molecule has 0 saturated heterocycles. The maximum absolute atomic E-state index is 2.38. The summed E-state index contributed by atoms with van der Waals surface area (Å²) in [4.78, 5) is 0. The van der Waals surface area contributed by atoms with Crippen LogP contribution in [0.3, 0.4) is 0 Å². The molecule has 16 heavy (non-hydrogen) atoms. The standard InChI is InChI=1S/C7H15.2C4H9.Sn/c1-5-6-7(2,3)4;2*1-3-4-2;/h1,5-6H2,2-4H3;2*1,3-4H2,2H3;. The zero-order valence-corrected chi connectivity index (χ0v) is 15.2. The molecular formula is C15H33Sn. The van der Waals surface area contributed by atoms with E-state index in [1.54, 1.807) is 13.3 Å². The summed E-state index contributed by atoms with van der Waals surface area (Å²) in [7, 11) is 0. The van der Waals surface area contributed by atoms with Gasteiger partial charge in [-0.3, -0.25) is 0 Å². The van der Waals surface area contributed by atoms with Crippen LogP contribution in [0.25, 0.3) is 0 Å². The predicted octanol–water partition coefficient (Wildman–Crippen LogP) is 5.91. The summed E-state index contributed by atoms with van der Waals surface area (Å²) in [6.07, 6.45) is 8.83. The summed E-state index contributed by atoms with van der Waals surface area (Å²) >= 11 is -0.930. The second kappa shape index (κ2) is 9.79. The number of unbranched alkanes of at least 4 members (excludes halogenated alkanes) is 2. The Morgan fingerprint density at radius 3 is 1.56 bits per heavy atom. The molecule has 0 amide bonds. The van der Waals surface area contributed by atoms with Crippen molar-refractivity contribution in [1.82, 2.24) is 0 Å². The molecule has 0 nitrogen and oxygen atoms in total. The van der Waals surface area contributed by atoms with E-state index in [0.717, 1.165) is 0 Å². The van der Waals surface area contributed by atoms with Gasteiger partial charge in [0.25, 0.3) is 0 Å². The fraction of sp³-hybridized carbons (Fsp3) is 1.00. The van der Waals surface area contributed by atoms with Gasteiger partial charge in [0.1, 0.15) is 0 Å². The van der Waals surface area contributed by atoms with Crippen molar-refractivity contribution in [2.45, 2.75) is 86.5 Å². The molecule has 0 saturated carbocycles. The molecule has 0 aliphatic carbocycles. The normalized spacial score (nSPS) is 12.4. The predicted molar refractivity (Wildman–Crippen MR) is 78.7 cm³/mol. The van der Waals surface area contributed by atoms with E-state index in [-0.39, 0.29) is 0 Å². The molecule has 0 rings (SSSR count). The zero-order valence-electron chi connectivity index (χ0n) is 12.4. The second-order valence-electron chi connectivity index (χ2n) is 6.37. The Labute approximate surface area is 111 Å². The average Bonchev–Trinajstić information content (AvgIpc) is 2.19. The molecule has 97 valence electrons. The third-order valence-corrected chi connectivity index (χ3v) is 12.3. The van der Waals surface area contributed by atoms with Crippen LogP contribution in [0.4, 0.5) is 0 Å². The molecule has 0 aromatic rings. The van der Waals surface area contributed by atoms with Gasteiger partial charge < -0.3 is 0 Å². The number of hydrogen-bond donors (Lipinski definition) is 0. The van der Waals surface area contributed by atoms with E-state index in [1.807, 2.05) is 0 Å². The van der Waals surface area contributed by atoms with Gasteiger partial charge >= 0.3 is 112 Å². The van der Waals surface area contributed by atoms with Crippen molar-refractivity contribution in [3.8, 4) is 0 Å². The van der Waals surface area contributed by atoms with Crippen LogP contribution in [0, 0.1) is 5.41 Å². The third-order valence-electron chi connectivity index (χ3n) is 3.22. The molecule has 0 heterocycles. The first-order chi connectivity index (χ1) is 7.49. The molecule has 1 heteroatoms. The zero-order chi connectivity index (χ0) is 12.4. The Morgan fingerprint density at radius 1 is 0.750 bits per heavy atom. The minimum atomic E-state index is -0.930. The summed E-state index contributed by atoms with van der Waals surface area (Å²) in [6, 6.07) is 0. The first-order valence-electron chi connectivity index (χ1n) is 7.33. The first kappa shape index (κ1) is 16.8. The fourth-order valence-electron chi connectivity index (χ4n) is 2.10. The van der Waals surface area contributed by atoms with E-state index in [9.17, 15) is 0 Å². The molecule has 1 radical (unpaired) electrons. The molecular weight excluding hydrogens is 299 g/mol. The molecule has 0 fully saturated rings. The SMILES string of the molecule is CCC[CH2][Sn]([CH2]CCC)[CH2]CCC(C)(C)C. The van der Waals surface area contributed by atoms with Crippen molar-refractivity contribution in [3.05, 3.63) is 0 Å². The van der Waals surface area contributed by atoms with Crippen molar-refractivity contribution in [3.63, 3.8) is 0 Å². The van der Waals surface area contributed by atoms with Crippen LogP contribution in [0.1, 0.15) is 73.1 Å². The van der Waals surface area contributed by atoms with Crippen molar-refractivity contribution >= 4 is 19.8 Å². The van der Waals surface area contributed by atoms with Gasteiger partial charge in [0.2, 0.25) is 0 Å². The first-order valence-corrected chi connectivity index (χ1v) is 13.4. The van der Waals surface area contributed by atoms with Crippen LogP contribution >= 0.6 is 0 Å². The molecule has 0 bridgehead atoms. The van der Waals surface area contributed by atoms with Crippen LogP contribution in [0.15, 0.2) is 0 Å². The Bertz CT molecular complexity index is 138. The van der Waals surface area contributed by atoms with Crippen LogP contribution < -0.4 is 0 Å². The van der Waals surface area contributed by atoms with Crippen LogP contribution in [0.2, 0.25) is 13.3 Å². The van der Waals surface area contributed by atoms with Gasteiger partial charge in [0, 0.05) is 0 Å². The molecule has 0 aliphatic rings. The van der Waals surface area contributed by atoms with Crippen LogP contribution in [0.5, 0.6) is 0 Å². The number of rotatable bonds is 9. The van der Waals surface area contributed by atoms with Crippen molar-refractivity contribution in [2.75, 3.05) is 0 Å².